The summed E-state index contributed by atoms with van der Waals surface area (Å²) in [5.74, 6) is 1.21. The number of aromatic nitrogens is 3. The average molecular weight is 492 g/mol. The summed E-state index contributed by atoms with van der Waals surface area (Å²) >= 11 is 1.47. The summed E-state index contributed by atoms with van der Waals surface area (Å²) in [7, 11) is 0. The molecule has 1 atom stereocenters. The number of benzene rings is 2. The number of anilines is 1. The molecular weight excluding hydrogens is 467 g/mol. The Morgan fingerprint density at radius 3 is 2.69 bits per heavy atom. The van der Waals surface area contributed by atoms with Crippen molar-refractivity contribution in [2.24, 2.45) is 0 Å². The van der Waals surface area contributed by atoms with Gasteiger partial charge in [0.15, 0.2) is 5.76 Å². The van der Waals surface area contributed by atoms with Gasteiger partial charge in [-0.15, -0.1) is 0 Å². The molecule has 4 aromatic rings. The number of carbonyl (C=O) groups excluding carboxylic acids is 1. The van der Waals surface area contributed by atoms with E-state index in [0.717, 1.165) is 18.6 Å². The summed E-state index contributed by atoms with van der Waals surface area (Å²) in [6, 6.07) is 16.8. The largest absolute Gasteiger partial charge is 0.452 e. The number of amides is 1. The third-order valence-electron chi connectivity index (χ3n) is 5.84. The molecule has 2 aromatic carbocycles. The van der Waals surface area contributed by atoms with Crippen LogP contribution in [-0.2, 0) is 4.79 Å². The lowest BCUT2D eigenvalue weighted by Crippen LogP contribution is -2.60. The van der Waals surface area contributed by atoms with E-state index in [1.165, 1.54) is 30.8 Å². The molecule has 35 heavy (non-hydrogen) atoms. The highest BCUT2D eigenvalue weighted by Crippen LogP contribution is 2.38. The topological polar surface area (TPSA) is 83.1 Å². The van der Waals surface area contributed by atoms with Crippen LogP contribution < -0.4 is 15.1 Å². The maximum Gasteiger partial charge on any atom is 0.325 e. The van der Waals surface area contributed by atoms with Gasteiger partial charge in [0.05, 0.1) is 11.3 Å². The molecule has 0 radical (unpaired) electrons. The van der Waals surface area contributed by atoms with Gasteiger partial charge in [-0.3, -0.25) is 14.6 Å². The zero-order valence-corrected chi connectivity index (χ0v) is 20.1. The zero-order valence-electron chi connectivity index (χ0n) is 19.3. The highest BCUT2D eigenvalue weighted by atomic mass is 32.2. The molecule has 178 valence electrons. The summed E-state index contributed by atoms with van der Waals surface area (Å²) in [6.45, 7) is 3.58. The number of unbranched alkanes of at least 4 members (excludes halogenated alkanes) is 1. The first-order valence-corrected chi connectivity index (χ1v) is 12.4. The van der Waals surface area contributed by atoms with Crippen LogP contribution in [0.15, 0.2) is 75.0 Å². The third-order valence-corrected chi connectivity index (χ3v) is 6.79. The van der Waals surface area contributed by atoms with Crippen LogP contribution in [0.4, 0.5) is 10.1 Å². The van der Waals surface area contributed by atoms with Crippen LogP contribution in [0.2, 0.25) is 0 Å². The number of hydrogen-bond donors (Lipinski definition) is 1. The van der Waals surface area contributed by atoms with E-state index in [4.69, 9.17) is 9.52 Å². The van der Waals surface area contributed by atoms with Crippen molar-refractivity contribution >= 4 is 23.4 Å². The minimum Gasteiger partial charge on any atom is -0.452 e. The second-order valence-corrected chi connectivity index (χ2v) is 9.33. The molecule has 1 amide bonds. The number of aromatic amines is 1. The standard InChI is InChI=1S/C26H23FN4O3S/c1-3-4-15-35-26-28-24(33)23-19-7-5-6-8-20(19)30(16(2)32)25(31(23)29-26)22-14-13-21(34-22)17-9-11-18(27)12-10-17/h5-14,25H,3-4,15H2,1-2H3/p+1/t25-/m1/s1. The van der Waals surface area contributed by atoms with Crippen molar-refractivity contribution < 1.29 is 18.3 Å². The van der Waals surface area contributed by atoms with Crippen LogP contribution in [0, 0.1) is 5.82 Å². The van der Waals surface area contributed by atoms with Gasteiger partial charge >= 0.3 is 17.4 Å². The first kappa shape index (κ1) is 23.0. The number of carbonyl (C=O) groups is 1. The predicted octanol–water partition coefficient (Wildman–Crippen LogP) is 4.93. The van der Waals surface area contributed by atoms with Crippen LogP contribution in [-0.4, -0.2) is 21.7 Å². The summed E-state index contributed by atoms with van der Waals surface area (Å²) in [5.41, 5.74) is 1.97. The summed E-state index contributed by atoms with van der Waals surface area (Å²) in [4.78, 5) is 30.7. The molecule has 3 heterocycles. The van der Waals surface area contributed by atoms with Crippen LogP contribution in [0.5, 0.6) is 0 Å². The van der Waals surface area contributed by atoms with E-state index >= 15 is 0 Å². The number of thioether (sulfide) groups is 1. The van der Waals surface area contributed by atoms with Crippen molar-refractivity contribution in [1.29, 1.82) is 0 Å². The van der Waals surface area contributed by atoms with Crippen molar-refractivity contribution in [2.75, 3.05) is 10.7 Å². The van der Waals surface area contributed by atoms with E-state index in [1.54, 1.807) is 46.0 Å². The quantitative estimate of drug-likeness (QED) is 0.235. The second-order valence-electron chi connectivity index (χ2n) is 8.24. The Bertz CT molecular complexity index is 1450. The third kappa shape index (κ3) is 4.27. The van der Waals surface area contributed by atoms with Gasteiger partial charge in [-0.2, -0.15) is 0 Å². The number of nitrogens with zero attached hydrogens (tertiary/aromatic N) is 3. The lowest BCUT2D eigenvalue weighted by molar-refractivity contribution is -0.764. The van der Waals surface area contributed by atoms with Gasteiger partial charge in [-0.25, -0.2) is 9.29 Å². The minimum atomic E-state index is -0.806. The van der Waals surface area contributed by atoms with Crippen molar-refractivity contribution in [1.82, 2.24) is 10.1 Å². The van der Waals surface area contributed by atoms with Gasteiger partial charge in [0.2, 0.25) is 11.1 Å². The Balaban J connectivity index is 1.69. The van der Waals surface area contributed by atoms with Crippen LogP contribution in [0.1, 0.15) is 38.6 Å². The van der Waals surface area contributed by atoms with Gasteiger partial charge in [-0.1, -0.05) is 37.2 Å². The molecule has 9 heteroatoms. The molecule has 0 fully saturated rings. The number of hydrogen-bond acceptors (Lipinski definition) is 5. The maximum absolute atomic E-state index is 13.4. The zero-order chi connectivity index (χ0) is 24.5. The molecule has 1 aliphatic rings. The Morgan fingerprint density at radius 2 is 1.94 bits per heavy atom. The number of fused-ring (bicyclic) bond motifs is 3. The number of nitrogens with one attached hydrogen (secondary N) is 1. The Hall–Kier alpha value is -3.72. The summed E-state index contributed by atoms with van der Waals surface area (Å²) < 4.78 is 21.2. The monoisotopic (exact) mass is 491 g/mol. The van der Waals surface area contributed by atoms with Crippen LogP contribution >= 0.6 is 11.8 Å². The van der Waals surface area contributed by atoms with Gasteiger partial charge < -0.3 is 4.42 Å². The normalized spacial score (nSPS) is 14.5. The molecule has 0 spiro atoms. The van der Waals surface area contributed by atoms with E-state index < -0.39 is 6.17 Å². The molecule has 0 bridgehead atoms. The fourth-order valence-electron chi connectivity index (χ4n) is 4.21. The van der Waals surface area contributed by atoms with Gasteiger partial charge in [0.25, 0.3) is 0 Å². The Labute approximate surface area is 205 Å². The van der Waals surface area contributed by atoms with Gasteiger partial charge in [0.1, 0.15) is 11.6 Å². The SMILES string of the molecule is CCCCSc1n[n+]2c(c(=O)[nH]1)-c1ccccc1N(C(C)=O)[C@H]2c1ccc(-c2ccc(F)cc2)o1. The fourth-order valence-corrected chi connectivity index (χ4v) is 5.15. The fraction of sp³-hybridized carbons (Fsp3) is 0.231. The van der Waals surface area contributed by atoms with Crippen LogP contribution in [0.3, 0.4) is 0 Å². The first-order valence-electron chi connectivity index (χ1n) is 11.4. The number of furan rings is 1. The van der Waals surface area contributed by atoms with Crippen molar-refractivity contribution in [2.45, 2.75) is 38.0 Å². The predicted molar refractivity (Wildman–Crippen MR) is 132 cm³/mol. The lowest BCUT2D eigenvalue weighted by atomic mass is 10.0. The summed E-state index contributed by atoms with van der Waals surface area (Å²) in [6.07, 6.45) is 1.21. The molecule has 2 aromatic heterocycles. The number of halogens is 1. The van der Waals surface area contributed by atoms with Gasteiger partial charge in [-0.05, 0) is 59.6 Å². The van der Waals surface area contributed by atoms with Crippen molar-refractivity contribution in [3.8, 4) is 22.6 Å². The molecule has 0 saturated heterocycles. The smallest absolute Gasteiger partial charge is 0.325 e. The molecule has 1 aliphatic heterocycles. The van der Waals surface area contributed by atoms with Crippen molar-refractivity contribution in [3.63, 3.8) is 0 Å². The second kappa shape index (κ2) is 9.50. The molecule has 0 unspecified atom stereocenters. The Morgan fingerprint density at radius 1 is 1.17 bits per heavy atom. The van der Waals surface area contributed by atoms with Crippen LogP contribution in [0.25, 0.3) is 22.6 Å². The molecule has 5 rings (SSSR count). The van der Waals surface area contributed by atoms with E-state index in [9.17, 15) is 14.0 Å². The molecule has 0 aliphatic carbocycles. The van der Waals surface area contributed by atoms with E-state index in [2.05, 4.69) is 11.9 Å². The molecule has 1 N–H and O–H groups in total. The number of para-hydroxylation sites is 1. The van der Waals surface area contributed by atoms with E-state index in [0.29, 0.717) is 39.2 Å². The lowest BCUT2D eigenvalue weighted by Gasteiger charge is -2.30. The molecule has 7 nitrogen and oxygen atoms in total. The Kier molecular flexibility index (Phi) is 6.25. The number of rotatable bonds is 6. The minimum absolute atomic E-state index is 0.220. The summed E-state index contributed by atoms with van der Waals surface area (Å²) in [5, 5.41) is 5.23. The van der Waals surface area contributed by atoms with E-state index in [1.807, 2.05) is 12.1 Å². The molecular formula is C26H24FN4O3S+. The van der Waals surface area contributed by atoms with E-state index in [-0.39, 0.29) is 17.3 Å². The van der Waals surface area contributed by atoms with Gasteiger partial charge in [0, 0.05) is 23.3 Å². The van der Waals surface area contributed by atoms with Crippen molar-refractivity contribution in [3.05, 3.63) is 82.6 Å². The highest BCUT2D eigenvalue weighted by molar-refractivity contribution is 7.99. The number of H-pyrrole nitrogens is 1. The first-order chi connectivity index (χ1) is 17.0. The highest BCUT2D eigenvalue weighted by Gasteiger charge is 2.46. The average Bonchev–Trinajstić information content (AvgIpc) is 3.33. The maximum atomic E-state index is 13.4. The molecule has 0 saturated carbocycles.